The molecule has 2 amide bonds. The van der Waals surface area contributed by atoms with E-state index in [9.17, 15) is 9.59 Å². The Bertz CT molecular complexity index is 264. The van der Waals surface area contributed by atoms with Crippen molar-refractivity contribution < 1.29 is 9.59 Å². The zero-order chi connectivity index (χ0) is 12.7. The van der Waals surface area contributed by atoms with Crippen LogP contribution in [0.25, 0.3) is 0 Å². The van der Waals surface area contributed by atoms with E-state index in [1.54, 1.807) is 7.05 Å². The summed E-state index contributed by atoms with van der Waals surface area (Å²) in [6.07, 6.45) is 5.43. The van der Waals surface area contributed by atoms with Crippen LogP contribution in [-0.2, 0) is 9.59 Å². The van der Waals surface area contributed by atoms with Crippen molar-refractivity contribution in [1.82, 2.24) is 10.6 Å². The highest BCUT2D eigenvalue weighted by atomic mass is 16.2. The van der Waals surface area contributed by atoms with E-state index in [0.717, 1.165) is 32.1 Å². The Morgan fingerprint density at radius 1 is 1.35 bits per heavy atom. The first kappa shape index (κ1) is 14.0. The van der Waals surface area contributed by atoms with E-state index < -0.39 is 6.04 Å². The highest BCUT2D eigenvalue weighted by Gasteiger charge is 2.28. The Balaban J connectivity index is 2.38. The van der Waals surface area contributed by atoms with E-state index in [1.807, 2.05) is 0 Å². The molecule has 4 N–H and O–H groups in total. The van der Waals surface area contributed by atoms with Gasteiger partial charge in [-0.3, -0.25) is 9.59 Å². The number of unbranched alkanes of at least 4 members (excludes halogenated alkanes) is 1. The molecule has 1 fully saturated rings. The van der Waals surface area contributed by atoms with Crippen molar-refractivity contribution in [3.8, 4) is 0 Å². The molecular weight excluding hydrogens is 218 g/mol. The van der Waals surface area contributed by atoms with Crippen molar-refractivity contribution in [3.63, 3.8) is 0 Å². The van der Waals surface area contributed by atoms with Gasteiger partial charge in [-0.05, 0) is 38.6 Å². The predicted molar refractivity (Wildman–Crippen MR) is 66.2 cm³/mol. The van der Waals surface area contributed by atoms with E-state index in [1.165, 1.54) is 0 Å². The van der Waals surface area contributed by atoms with Gasteiger partial charge in [0.1, 0.15) is 6.04 Å². The largest absolute Gasteiger partial charge is 0.357 e. The third kappa shape index (κ3) is 4.34. The maximum absolute atomic E-state index is 11.8. The molecular formula is C12H23N3O2. The average molecular weight is 241 g/mol. The first-order valence-electron chi connectivity index (χ1n) is 6.41. The van der Waals surface area contributed by atoms with E-state index >= 15 is 0 Å². The molecule has 98 valence electrons. The lowest BCUT2D eigenvalue weighted by molar-refractivity contribution is -0.132. The monoisotopic (exact) mass is 241 g/mol. The van der Waals surface area contributed by atoms with E-state index in [4.69, 9.17) is 5.73 Å². The summed E-state index contributed by atoms with van der Waals surface area (Å²) >= 11 is 0. The second kappa shape index (κ2) is 7.27. The quantitative estimate of drug-likeness (QED) is 0.555. The van der Waals surface area contributed by atoms with Gasteiger partial charge in [-0.1, -0.05) is 6.42 Å². The van der Waals surface area contributed by atoms with Crippen LogP contribution in [0, 0.1) is 5.92 Å². The number of hydrogen-bond acceptors (Lipinski definition) is 3. The summed E-state index contributed by atoms with van der Waals surface area (Å²) in [6, 6.07) is -0.403. The number of nitrogens with two attached hydrogens (primary N) is 1. The van der Waals surface area contributed by atoms with Gasteiger partial charge in [0.25, 0.3) is 0 Å². The van der Waals surface area contributed by atoms with Gasteiger partial charge in [0.2, 0.25) is 11.8 Å². The lowest BCUT2D eigenvalue weighted by Crippen LogP contribution is -2.48. The third-order valence-corrected chi connectivity index (χ3v) is 3.30. The van der Waals surface area contributed by atoms with Crippen LogP contribution in [0.15, 0.2) is 0 Å². The SMILES string of the molecule is CNC(=O)[C@H](CCCCN)NC(=O)C1CCC1. The predicted octanol–water partition coefficient (Wildman–Crippen LogP) is 0.146. The molecule has 1 aliphatic carbocycles. The third-order valence-electron chi connectivity index (χ3n) is 3.30. The topological polar surface area (TPSA) is 84.2 Å². The zero-order valence-corrected chi connectivity index (χ0v) is 10.5. The number of carbonyl (C=O) groups excluding carboxylic acids is 2. The summed E-state index contributed by atoms with van der Waals surface area (Å²) in [4.78, 5) is 23.4. The minimum Gasteiger partial charge on any atom is -0.357 e. The average Bonchev–Trinajstić information content (AvgIpc) is 2.24. The van der Waals surface area contributed by atoms with Crippen molar-refractivity contribution in [2.24, 2.45) is 11.7 Å². The minimum atomic E-state index is -0.403. The Kier molecular flexibility index (Phi) is 5.97. The molecule has 5 heteroatoms. The van der Waals surface area contributed by atoms with Crippen molar-refractivity contribution in [1.29, 1.82) is 0 Å². The molecule has 1 aliphatic rings. The van der Waals surface area contributed by atoms with Gasteiger partial charge in [0.15, 0.2) is 0 Å². The van der Waals surface area contributed by atoms with Crippen LogP contribution in [0.5, 0.6) is 0 Å². The van der Waals surface area contributed by atoms with Gasteiger partial charge >= 0.3 is 0 Å². The van der Waals surface area contributed by atoms with Crippen molar-refractivity contribution in [3.05, 3.63) is 0 Å². The number of nitrogens with one attached hydrogen (secondary N) is 2. The summed E-state index contributed by atoms with van der Waals surface area (Å²) in [5.74, 6) is 0.0314. The number of likely N-dealkylation sites (N-methyl/N-ethyl adjacent to an activating group) is 1. The second-order valence-electron chi connectivity index (χ2n) is 4.59. The summed E-state index contributed by atoms with van der Waals surface area (Å²) in [5.41, 5.74) is 5.42. The molecule has 0 saturated heterocycles. The standard InChI is InChI=1S/C12H23N3O2/c1-14-12(17)10(7-2-3-8-13)15-11(16)9-5-4-6-9/h9-10H,2-8,13H2,1H3,(H,14,17)(H,15,16)/t10-/m0/s1. The first-order chi connectivity index (χ1) is 8.19. The van der Waals surface area contributed by atoms with E-state index in [0.29, 0.717) is 13.0 Å². The van der Waals surface area contributed by atoms with Crippen LogP contribution in [0.1, 0.15) is 38.5 Å². The molecule has 0 aromatic heterocycles. The molecule has 0 aromatic rings. The van der Waals surface area contributed by atoms with Gasteiger partial charge in [-0.15, -0.1) is 0 Å². The van der Waals surface area contributed by atoms with Crippen LogP contribution in [0.2, 0.25) is 0 Å². The van der Waals surface area contributed by atoms with Crippen molar-refractivity contribution >= 4 is 11.8 Å². The fourth-order valence-electron chi connectivity index (χ4n) is 1.90. The maximum Gasteiger partial charge on any atom is 0.242 e. The Labute approximate surface area is 103 Å². The molecule has 0 radical (unpaired) electrons. The first-order valence-corrected chi connectivity index (χ1v) is 6.41. The highest BCUT2D eigenvalue weighted by molar-refractivity contribution is 5.88. The number of amides is 2. The normalized spacial score (nSPS) is 17.1. The molecule has 0 bridgehead atoms. The van der Waals surface area contributed by atoms with E-state index in [-0.39, 0.29) is 17.7 Å². The number of rotatable bonds is 7. The Morgan fingerprint density at radius 3 is 2.53 bits per heavy atom. The zero-order valence-electron chi connectivity index (χ0n) is 10.5. The lowest BCUT2D eigenvalue weighted by Gasteiger charge is -2.26. The number of hydrogen-bond donors (Lipinski definition) is 3. The van der Waals surface area contributed by atoms with Gasteiger partial charge in [0.05, 0.1) is 0 Å². The molecule has 1 atom stereocenters. The molecule has 0 aliphatic heterocycles. The van der Waals surface area contributed by atoms with Crippen LogP contribution in [0.4, 0.5) is 0 Å². The van der Waals surface area contributed by atoms with Crippen LogP contribution in [-0.4, -0.2) is 31.4 Å². The Hall–Kier alpha value is -1.10. The van der Waals surface area contributed by atoms with Gasteiger partial charge in [-0.25, -0.2) is 0 Å². The fraction of sp³-hybridized carbons (Fsp3) is 0.833. The summed E-state index contributed by atoms with van der Waals surface area (Å²) in [6.45, 7) is 0.622. The highest BCUT2D eigenvalue weighted by Crippen LogP contribution is 2.26. The second-order valence-corrected chi connectivity index (χ2v) is 4.59. The van der Waals surface area contributed by atoms with Crippen molar-refractivity contribution in [2.75, 3.05) is 13.6 Å². The molecule has 0 spiro atoms. The number of carbonyl (C=O) groups is 2. The summed E-state index contributed by atoms with van der Waals surface area (Å²) in [5, 5.41) is 5.42. The van der Waals surface area contributed by atoms with E-state index in [2.05, 4.69) is 10.6 Å². The van der Waals surface area contributed by atoms with Gasteiger partial charge < -0.3 is 16.4 Å². The van der Waals surface area contributed by atoms with Gasteiger partial charge in [-0.2, -0.15) is 0 Å². The molecule has 17 heavy (non-hydrogen) atoms. The van der Waals surface area contributed by atoms with Gasteiger partial charge in [0, 0.05) is 13.0 Å². The molecule has 0 heterocycles. The molecule has 1 rings (SSSR count). The van der Waals surface area contributed by atoms with Crippen LogP contribution in [0.3, 0.4) is 0 Å². The molecule has 0 unspecified atom stereocenters. The molecule has 0 aromatic carbocycles. The maximum atomic E-state index is 11.8. The lowest BCUT2D eigenvalue weighted by atomic mass is 9.84. The van der Waals surface area contributed by atoms with Crippen LogP contribution >= 0.6 is 0 Å². The Morgan fingerprint density at radius 2 is 2.06 bits per heavy atom. The summed E-state index contributed by atoms with van der Waals surface area (Å²) < 4.78 is 0. The summed E-state index contributed by atoms with van der Waals surface area (Å²) in [7, 11) is 1.59. The smallest absolute Gasteiger partial charge is 0.242 e. The van der Waals surface area contributed by atoms with Crippen molar-refractivity contribution in [2.45, 2.75) is 44.6 Å². The molecule has 5 nitrogen and oxygen atoms in total. The minimum absolute atomic E-state index is 0.0256. The molecule has 1 saturated carbocycles. The van der Waals surface area contributed by atoms with Crippen LogP contribution < -0.4 is 16.4 Å². The fourth-order valence-corrected chi connectivity index (χ4v) is 1.90.